The maximum atomic E-state index is 5.93. The van der Waals surface area contributed by atoms with Gasteiger partial charge in [-0.25, -0.2) is 0 Å². The van der Waals surface area contributed by atoms with Gasteiger partial charge in [0.2, 0.25) is 0 Å². The van der Waals surface area contributed by atoms with Crippen LogP contribution in [0.15, 0.2) is 28.7 Å². The van der Waals surface area contributed by atoms with E-state index in [1.165, 1.54) is 0 Å². The number of methoxy groups -OCH3 is 1. The lowest BCUT2D eigenvalue weighted by Gasteiger charge is -2.26. The lowest BCUT2D eigenvalue weighted by atomic mass is 9.92. The predicted molar refractivity (Wildman–Crippen MR) is 79.8 cm³/mol. The molecule has 1 heterocycles. The maximum Gasteiger partial charge on any atom is 0.176 e. The van der Waals surface area contributed by atoms with Crippen LogP contribution < -0.4 is 15.8 Å². The first-order valence-electron chi connectivity index (χ1n) is 7.30. The van der Waals surface area contributed by atoms with Crippen LogP contribution in [0.2, 0.25) is 0 Å². The van der Waals surface area contributed by atoms with E-state index in [9.17, 15) is 0 Å². The largest absolute Gasteiger partial charge is 0.493 e. The minimum Gasteiger partial charge on any atom is -0.493 e. The fraction of sp³-hybridized carbons (Fsp3) is 0.500. The molecular weight excluding hydrogens is 252 g/mol. The van der Waals surface area contributed by atoms with Crippen LogP contribution in [-0.4, -0.2) is 19.2 Å². The van der Waals surface area contributed by atoms with Gasteiger partial charge in [-0.15, -0.1) is 0 Å². The smallest absolute Gasteiger partial charge is 0.176 e. The topological polar surface area (TPSA) is 60.4 Å². The number of furan rings is 1. The van der Waals surface area contributed by atoms with Crippen molar-refractivity contribution >= 4 is 11.0 Å². The van der Waals surface area contributed by atoms with Crippen LogP contribution in [0.5, 0.6) is 5.75 Å². The number of hydrogen-bond acceptors (Lipinski definition) is 4. The third-order valence-electron chi connectivity index (χ3n) is 4.12. The molecule has 0 spiro atoms. The van der Waals surface area contributed by atoms with E-state index < -0.39 is 0 Å². The first-order valence-corrected chi connectivity index (χ1v) is 7.30. The molecule has 20 heavy (non-hydrogen) atoms. The lowest BCUT2D eigenvalue weighted by molar-refractivity contribution is 0.332. The van der Waals surface area contributed by atoms with Crippen molar-refractivity contribution < 1.29 is 9.15 Å². The molecule has 0 radical (unpaired) electrons. The van der Waals surface area contributed by atoms with E-state index in [0.29, 0.717) is 12.1 Å². The Morgan fingerprint density at radius 1 is 1.30 bits per heavy atom. The van der Waals surface area contributed by atoms with E-state index in [-0.39, 0.29) is 0 Å². The zero-order valence-electron chi connectivity index (χ0n) is 11.9. The number of fused-ring (bicyclic) bond motifs is 1. The summed E-state index contributed by atoms with van der Waals surface area (Å²) in [5, 5.41) is 4.66. The van der Waals surface area contributed by atoms with Gasteiger partial charge in [-0.2, -0.15) is 0 Å². The SMILES string of the molecule is COc1cccc2cc(CNC3CCC(N)CC3)oc12. The van der Waals surface area contributed by atoms with Crippen LogP contribution in [0.4, 0.5) is 0 Å². The van der Waals surface area contributed by atoms with Gasteiger partial charge in [0.25, 0.3) is 0 Å². The van der Waals surface area contributed by atoms with Crippen molar-refractivity contribution in [2.75, 3.05) is 7.11 Å². The Morgan fingerprint density at radius 3 is 2.85 bits per heavy atom. The summed E-state index contributed by atoms with van der Waals surface area (Å²) in [6.07, 6.45) is 4.55. The summed E-state index contributed by atoms with van der Waals surface area (Å²) >= 11 is 0. The van der Waals surface area contributed by atoms with Gasteiger partial charge in [0.05, 0.1) is 13.7 Å². The van der Waals surface area contributed by atoms with Gasteiger partial charge in [-0.1, -0.05) is 12.1 Å². The standard InChI is InChI=1S/C16H22N2O2/c1-19-15-4-2-3-11-9-14(20-16(11)15)10-18-13-7-5-12(17)6-8-13/h2-4,9,12-13,18H,5-8,10,17H2,1H3. The number of benzene rings is 1. The molecule has 4 nitrogen and oxygen atoms in total. The number of nitrogens with one attached hydrogen (secondary N) is 1. The third-order valence-corrected chi connectivity index (χ3v) is 4.12. The molecule has 3 rings (SSSR count). The predicted octanol–water partition coefficient (Wildman–Crippen LogP) is 2.80. The van der Waals surface area contributed by atoms with Gasteiger partial charge in [0, 0.05) is 17.5 Å². The second-order valence-electron chi connectivity index (χ2n) is 5.58. The molecule has 0 amide bonds. The Kier molecular flexibility index (Phi) is 3.94. The third kappa shape index (κ3) is 2.81. The Labute approximate surface area is 119 Å². The summed E-state index contributed by atoms with van der Waals surface area (Å²) in [5.41, 5.74) is 6.76. The highest BCUT2D eigenvalue weighted by Gasteiger charge is 2.18. The number of para-hydroxylation sites is 1. The van der Waals surface area contributed by atoms with E-state index in [0.717, 1.165) is 54.7 Å². The molecule has 0 saturated heterocycles. The van der Waals surface area contributed by atoms with E-state index in [1.54, 1.807) is 7.11 Å². The number of nitrogens with two attached hydrogens (primary N) is 1. The molecule has 1 aliphatic rings. The van der Waals surface area contributed by atoms with Gasteiger partial charge < -0.3 is 20.2 Å². The highest BCUT2D eigenvalue weighted by molar-refractivity contribution is 5.83. The molecule has 2 aromatic rings. The molecule has 1 aliphatic carbocycles. The number of ether oxygens (including phenoxy) is 1. The highest BCUT2D eigenvalue weighted by Crippen LogP contribution is 2.28. The Hall–Kier alpha value is -1.52. The molecule has 0 bridgehead atoms. The molecule has 0 aliphatic heterocycles. The summed E-state index contributed by atoms with van der Waals surface area (Å²) < 4.78 is 11.2. The van der Waals surface area contributed by atoms with Gasteiger partial charge in [0.1, 0.15) is 5.76 Å². The molecule has 1 saturated carbocycles. The van der Waals surface area contributed by atoms with E-state index >= 15 is 0 Å². The first-order chi connectivity index (χ1) is 9.76. The second-order valence-corrected chi connectivity index (χ2v) is 5.58. The van der Waals surface area contributed by atoms with Crippen LogP contribution >= 0.6 is 0 Å². The van der Waals surface area contributed by atoms with E-state index in [1.807, 2.05) is 18.2 Å². The second kappa shape index (κ2) is 5.85. The summed E-state index contributed by atoms with van der Waals surface area (Å²) in [7, 11) is 1.67. The molecule has 0 atom stereocenters. The van der Waals surface area contributed by atoms with Gasteiger partial charge in [-0.05, 0) is 37.8 Å². The van der Waals surface area contributed by atoms with Crippen LogP contribution in [0, 0.1) is 0 Å². The molecule has 4 heteroatoms. The fourth-order valence-electron chi connectivity index (χ4n) is 2.91. The highest BCUT2D eigenvalue weighted by atomic mass is 16.5. The van der Waals surface area contributed by atoms with Crippen molar-refractivity contribution in [1.29, 1.82) is 0 Å². The average Bonchev–Trinajstić information content (AvgIpc) is 2.89. The zero-order valence-corrected chi connectivity index (χ0v) is 11.9. The lowest BCUT2D eigenvalue weighted by Crippen LogP contribution is -2.36. The monoisotopic (exact) mass is 274 g/mol. The van der Waals surface area contributed by atoms with Crippen molar-refractivity contribution in [2.45, 2.75) is 44.3 Å². The molecule has 108 valence electrons. The normalized spacial score (nSPS) is 23.1. The van der Waals surface area contributed by atoms with Gasteiger partial charge in [-0.3, -0.25) is 0 Å². The summed E-state index contributed by atoms with van der Waals surface area (Å²) in [5.74, 6) is 1.75. The minimum atomic E-state index is 0.392. The minimum absolute atomic E-state index is 0.392. The summed E-state index contributed by atoms with van der Waals surface area (Å²) in [4.78, 5) is 0. The van der Waals surface area contributed by atoms with Crippen molar-refractivity contribution in [1.82, 2.24) is 5.32 Å². The van der Waals surface area contributed by atoms with Gasteiger partial charge >= 0.3 is 0 Å². The Balaban J connectivity index is 1.66. The number of rotatable bonds is 4. The zero-order chi connectivity index (χ0) is 13.9. The van der Waals surface area contributed by atoms with Crippen LogP contribution in [-0.2, 0) is 6.54 Å². The van der Waals surface area contributed by atoms with E-state index in [4.69, 9.17) is 14.9 Å². The first kappa shape index (κ1) is 13.5. The molecular formula is C16H22N2O2. The Bertz CT molecular complexity index is 571. The summed E-state index contributed by atoms with van der Waals surface area (Å²) in [6, 6.07) is 8.99. The van der Waals surface area contributed by atoms with E-state index in [2.05, 4.69) is 11.4 Å². The van der Waals surface area contributed by atoms with Crippen molar-refractivity contribution in [2.24, 2.45) is 5.73 Å². The van der Waals surface area contributed by atoms with Crippen LogP contribution in [0.25, 0.3) is 11.0 Å². The molecule has 1 aromatic heterocycles. The molecule has 3 N–H and O–H groups in total. The van der Waals surface area contributed by atoms with Crippen LogP contribution in [0.3, 0.4) is 0 Å². The fourth-order valence-corrected chi connectivity index (χ4v) is 2.91. The quantitative estimate of drug-likeness (QED) is 0.900. The maximum absolute atomic E-state index is 5.93. The van der Waals surface area contributed by atoms with Crippen molar-refractivity contribution in [3.63, 3.8) is 0 Å². The Morgan fingerprint density at radius 2 is 2.10 bits per heavy atom. The molecule has 0 unspecified atom stereocenters. The van der Waals surface area contributed by atoms with Crippen LogP contribution in [0.1, 0.15) is 31.4 Å². The van der Waals surface area contributed by atoms with Crippen molar-refractivity contribution in [3.05, 3.63) is 30.0 Å². The van der Waals surface area contributed by atoms with Crippen molar-refractivity contribution in [3.8, 4) is 5.75 Å². The average molecular weight is 274 g/mol. The molecule has 1 fully saturated rings. The summed E-state index contributed by atoms with van der Waals surface area (Å²) in [6.45, 7) is 0.762. The molecule has 1 aromatic carbocycles. The van der Waals surface area contributed by atoms with Gasteiger partial charge in [0.15, 0.2) is 11.3 Å². The number of hydrogen-bond donors (Lipinski definition) is 2.